The summed E-state index contributed by atoms with van der Waals surface area (Å²) in [6, 6.07) is 0. The minimum atomic E-state index is -0.891. The van der Waals surface area contributed by atoms with Crippen molar-refractivity contribution in [1.29, 1.82) is 0 Å². The molecule has 5 aliphatic rings. The molecule has 0 aromatic heterocycles. The maximum atomic E-state index is 13.0. The van der Waals surface area contributed by atoms with Gasteiger partial charge in [0.2, 0.25) is 0 Å². The number of hydrogen-bond donors (Lipinski definition) is 4. The fourth-order valence-electron chi connectivity index (χ4n) is 10.8. The average Bonchev–Trinajstić information content (AvgIpc) is 2.76. The van der Waals surface area contributed by atoms with Crippen molar-refractivity contribution in [1.82, 2.24) is 0 Å². The first-order chi connectivity index (χ1) is 16.2. The smallest absolute Gasteiger partial charge is 0.141 e. The van der Waals surface area contributed by atoms with E-state index in [1.165, 1.54) is 5.57 Å². The molecule has 5 nitrogen and oxygen atoms in total. The van der Waals surface area contributed by atoms with Crippen molar-refractivity contribution in [2.45, 2.75) is 105 Å². The highest BCUT2D eigenvalue weighted by molar-refractivity contribution is 5.86. The van der Waals surface area contributed by atoms with Crippen LogP contribution in [0, 0.1) is 50.2 Å². The number of rotatable bonds is 2. The lowest BCUT2D eigenvalue weighted by Crippen LogP contribution is -2.69. The number of hydrogen-bond acceptors (Lipinski definition) is 5. The lowest BCUT2D eigenvalue weighted by atomic mass is 9.33. The van der Waals surface area contributed by atoms with E-state index in [4.69, 9.17) is 0 Å². The van der Waals surface area contributed by atoms with Crippen LogP contribution in [0.3, 0.4) is 0 Å². The molecule has 10 atom stereocenters. The van der Waals surface area contributed by atoms with E-state index < -0.39 is 23.0 Å². The van der Waals surface area contributed by atoms with Gasteiger partial charge in [-0.25, -0.2) is 0 Å². The van der Waals surface area contributed by atoms with Crippen molar-refractivity contribution in [3.05, 3.63) is 11.6 Å². The molecule has 4 N–H and O–H groups in total. The predicted octanol–water partition coefficient (Wildman–Crippen LogP) is 4.26. The molecule has 5 rings (SSSR count). The van der Waals surface area contributed by atoms with Gasteiger partial charge in [0.15, 0.2) is 0 Å². The van der Waals surface area contributed by atoms with E-state index in [1.807, 2.05) is 6.92 Å². The number of carbonyl (C=O) groups is 1. The van der Waals surface area contributed by atoms with Crippen LogP contribution in [0.2, 0.25) is 0 Å². The van der Waals surface area contributed by atoms with Gasteiger partial charge in [0, 0.05) is 6.42 Å². The summed E-state index contributed by atoms with van der Waals surface area (Å²) in [7, 11) is 0. The molecule has 35 heavy (non-hydrogen) atoms. The highest BCUT2D eigenvalue weighted by Gasteiger charge is 2.71. The van der Waals surface area contributed by atoms with Gasteiger partial charge >= 0.3 is 0 Å². The quantitative estimate of drug-likeness (QED) is 0.435. The largest absolute Gasteiger partial charge is 0.396 e. The van der Waals surface area contributed by atoms with Crippen LogP contribution in [0.1, 0.15) is 92.9 Å². The molecule has 5 aliphatic carbocycles. The maximum Gasteiger partial charge on any atom is 0.141 e. The molecule has 198 valence electrons. The second-order valence-corrected chi connectivity index (χ2v) is 14.9. The zero-order valence-electron chi connectivity index (χ0n) is 22.7. The molecule has 0 amide bonds. The summed E-state index contributed by atoms with van der Waals surface area (Å²) in [4.78, 5) is 13.0. The van der Waals surface area contributed by atoms with Gasteiger partial charge in [0.25, 0.3) is 0 Å². The van der Waals surface area contributed by atoms with Crippen molar-refractivity contribution in [3.63, 3.8) is 0 Å². The first kappa shape index (κ1) is 25.9. The van der Waals surface area contributed by atoms with Gasteiger partial charge in [0.05, 0.1) is 36.3 Å². The Morgan fingerprint density at radius 1 is 0.886 bits per heavy atom. The Labute approximate surface area is 211 Å². The van der Waals surface area contributed by atoms with Gasteiger partial charge in [-0.2, -0.15) is 0 Å². The normalized spacial score (nSPS) is 55.2. The molecule has 4 fully saturated rings. The number of aliphatic hydroxyl groups excluding tert-OH is 4. The van der Waals surface area contributed by atoms with Gasteiger partial charge in [-0.15, -0.1) is 0 Å². The summed E-state index contributed by atoms with van der Waals surface area (Å²) < 4.78 is 0. The van der Waals surface area contributed by atoms with Crippen LogP contribution in [-0.2, 0) is 4.79 Å². The van der Waals surface area contributed by atoms with E-state index in [9.17, 15) is 25.2 Å². The summed E-state index contributed by atoms with van der Waals surface area (Å²) in [5.41, 5.74) is -0.625. The maximum absolute atomic E-state index is 13.0. The molecule has 0 aromatic carbocycles. The molecule has 0 spiro atoms. The van der Waals surface area contributed by atoms with Crippen LogP contribution in [0.25, 0.3) is 0 Å². The van der Waals surface area contributed by atoms with Crippen LogP contribution < -0.4 is 0 Å². The van der Waals surface area contributed by atoms with E-state index in [-0.39, 0.29) is 52.5 Å². The van der Waals surface area contributed by atoms with Crippen molar-refractivity contribution < 1.29 is 25.2 Å². The summed E-state index contributed by atoms with van der Waals surface area (Å²) in [5.74, 6) is 0.692. The van der Waals surface area contributed by atoms with Crippen molar-refractivity contribution in [2.75, 3.05) is 13.2 Å². The molecule has 0 aliphatic heterocycles. The Hall–Kier alpha value is -0.750. The van der Waals surface area contributed by atoms with Gasteiger partial charge in [0.1, 0.15) is 5.78 Å². The highest BCUT2D eigenvalue weighted by Crippen LogP contribution is 2.75. The Bertz CT molecular complexity index is 941. The van der Waals surface area contributed by atoms with Gasteiger partial charge < -0.3 is 20.4 Å². The second kappa shape index (κ2) is 7.65. The summed E-state index contributed by atoms with van der Waals surface area (Å²) in [5, 5.41) is 44.1. The predicted molar refractivity (Wildman–Crippen MR) is 135 cm³/mol. The van der Waals surface area contributed by atoms with Gasteiger partial charge in [-0.3, -0.25) is 4.79 Å². The minimum absolute atomic E-state index is 0.0426. The number of carbonyl (C=O) groups excluding carboxylic acids is 1. The standard InChI is InChI=1S/C30H48O5/c1-25(2)13-19-18-7-8-21-26(3)11-10-22(33)27(4,16-31)20(26)9-12-28(21,5)29(18,6)15-24(35)30(19,17-32)23(34)14-25/h7,19-21,23-24,31-32,34-35H,8-17H2,1-6H3/t19-,20+,21+,23-,24-,26-,27-,28+,29+,30+/m0/s1. The topological polar surface area (TPSA) is 98.0 Å². The number of allylic oxidation sites excluding steroid dienone is 2. The van der Waals surface area contributed by atoms with Crippen LogP contribution >= 0.6 is 0 Å². The van der Waals surface area contributed by atoms with Crippen molar-refractivity contribution in [3.8, 4) is 0 Å². The third-order valence-corrected chi connectivity index (χ3v) is 13.1. The Morgan fingerprint density at radius 2 is 1.54 bits per heavy atom. The fourth-order valence-corrected chi connectivity index (χ4v) is 10.8. The molecule has 0 heterocycles. The lowest BCUT2D eigenvalue weighted by Gasteiger charge is -2.71. The molecule has 0 bridgehead atoms. The van der Waals surface area contributed by atoms with E-state index in [2.05, 4.69) is 40.7 Å². The van der Waals surface area contributed by atoms with Crippen molar-refractivity contribution in [2.24, 2.45) is 50.2 Å². The molecule has 0 unspecified atom stereocenters. The second-order valence-electron chi connectivity index (χ2n) is 14.9. The highest BCUT2D eigenvalue weighted by atomic mass is 16.3. The zero-order valence-corrected chi connectivity index (χ0v) is 22.7. The van der Waals surface area contributed by atoms with Crippen LogP contribution in [0.15, 0.2) is 11.6 Å². The van der Waals surface area contributed by atoms with E-state index in [0.29, 0.717) is 25.2 Å². The zero-order chi connectivity index (χ0) is 25.8. The first-order valence-electron chi connectivity index (χ1n) is 14.0. The van der Waals surface area contributed by atoms with Gasteiger partial charge in [-0.05, 0) is 84.4 Å². The van der Waals surface area contributed by atoms with Crippen LogP contribution in [0.5, 0.6) is 0 Å². The third kappa shape index (κ3) is 2.99. The molecule has 5 heteroatoms. The van der Waals surface area contributed by atoms with E-state index >= 15 is 0 Å². The Morgan fingerprint density at radius 3 is 2.17 bits per heavy atom. The first-order valence-corrected chi connectivity index (χ1v) is 14.0. The third-order valence-electron chi connectivity index (χ3n) is 13.1. The SMILES string of the molecule is CC1(C)C[C@H](O)[C@]2(CO)[C@@H](O)C[C@]3(C)C(=CC[C@@H]4[C@@]5(C)CCC(=O)[C@@](C)(CO)[C@@H]5CC[C@]43C)[C@@H]2C1. The number of aliphatic hydroxyl groups is 4. The summed E-state index contributed by atoms with van der Waals surface area (Å²) >= 11 is 0. The average molecular weight is 489 g/mol. The Kier molecular flexibility index (Phi) is 5.65. The number of Topliss-reactive ketones (excluding diaryl/α,β-unsaturated/α-hetero) is 1. The molecule has 0 saturated heterocycles. The molecule has 0 radical (unpaired) electrons. The number of fused-ring (bicyclic) bond motifs is 7. The molecule has 4 saturated carbocycles. The van der Waals surface area contributed by atoms with Gasteiger partial charge in [-0.1, -0.05) is 53.2 Å². The summed E-state index contributed by atoms with van der Waals surface area (Å²) in [6.07, 6.45) is 7.14. The molecule has 0 aromatic rings. The lowest BCUT2D eigenvalue weighted by molar-refractivity contribution is -0.229. The van der Waals surface area contributed by atoms with Crippen molar-refractivity contribution >= 4 is 5.78 Å². The Balaban J connectivity index is 1.63. The molecular weight excluding hydrogens is 440 g/mol. The van der Waals surface area contributed by atoms with Crippen LogP contribution in [-0.4, -0.2) is 51.6 Å². The van der Waals surface area contributed by atoms with E-state index in [1.54, 1.807) is 0 Å². The van der Waals surface area contributed by atoms with E-state index in [0.717, 1.165) is 32.1 Å². The fraction of sp³-hybridized carbons (Fsp3) is 0.900. The minimum Gasteiger partial charge on any atom is -0.396 e. The van der Waals surface area contributed by atoms with Crippen LogP contribution in [0.4, 0.5) is 0 Å². The number of ketones is 1. The monoisotopic (exact) mass is 488 g/mol. The summed E-state index contributed by atoms with van der Waals surface area (Å²) in [6.45, 7) is 13.2. The molecular formula is C30H48O5.